The van der Waals surface area contributed by atoms with Crippen LogP contribution in [0.2, 0.25) is 5.02 Å². The van der Waals surface area contributed by atoms with Crippen molar-refractivity contribution < 1.29 is 13.2 Å². The van der Waals surface area contributed by atoms with E-state index in [1.54, 1.807) is 24.3 Å². The van der Waals surface area contributed by atoms with Crippen LogP contribution in [0.1, 0.15) is 36.2 Å². The molecule has 0 aliphatic heterocycles. The number of hydrogen-bond acceptors (Lipinski definition) is 3. The minimum Gasteiger partial charge on any atom is -0.350 e. The Balaban J connectivity index is 2.32. The van der Waals surface area contributed by atoms with Crippen LogP contribution in [0.3, 0.4) is 0 Å². The summed E-state index contributed by atoms with van der Waals surface area (Å²) >= 11 is 6.06. The van der Waals surface area contributed by atoms with Gasteiger partial charge < -0.3 is 5.32 Å². The van der Waals surface area contributed by atoms with Crippen LogP contribution >= 0.6 is 11.6 Å². The van der Waals surface area contributed by atoms with E-state index in [0.29, 0.717) is 5.69 Å². The molecule has 134 valence electrons. The maximum absolute atomic E-state index is 12.6. The van der Waals surface area contributed by atoms with E-state index in [9.17, 15) is 13.2 Å². The molecule has 0 aliphatic rings. The van der Waals surface area contributed by atoms with Gasteiger partial charge in [0.2, 0.25) is 0 Å². The molecular weight excluding hydrogens is 360 g/mol. The van der Waals surface area contributed by atoms with Gasteiger partial charge in [0.15, 0.2) is 0 Å². The highest BCUT2D eigenvalue weighted by Gasteiger charge is 2.21. The quantitative estimate of drug-likeness (QED) is 0.795. The SMILES string of the molecule is CC[C@H](C)NC(=O)c1ccc(Cl)c(S(=O)(=O)Nc2ccc(C)cc2)c1. The van der Waals surface area contributed by atoms with Crippen molar-refractivity contribution in [1.29, 1.82) is 0 Å². The largest absolute Gasteiger partial charge is 0.350 e. The number of carbonyl (C=O) groups excluding carboxylic acids is 1. The summed E-state index contributed by atoms with van der Waals surface area (Å²) in [6, 6.07) is 11.1. The first-order valence-corrected chi connectivity index (χ1v) is 9.79. The van der Waals surface area contributed by atoms with Gasteiger partial charge in [-0.25, -0.2) is 8.42 Å². The number of sulfonamides is 1. The molecule has 0 saturated carbocycles. The van der Waals surface area contributed by atoms with E-state index in [2.05, 4.69) is 10.0 Å². The molecule has 0 aliphatic carbocycles. The number of halogens is 1. The smallest absolute Gasteiger partial charge is 0.263 e. The number of aryl methyl sites for hydroxylation is 1. The van der Waals surface area contributed by atoms with Gasteiger partial charge in [-0.3, -0.25) is 9.52 Å². The maximum atomic E-state index is 12.6. The third kappa shape index (κ3) is 4.96. The lowest BCUT2D eigenvalue weighted by Crippen LogP contribution is -2.32. The van der Waals surface area contributed by atoms with Crippen LogP contribution in [-0.4, -0.2) is 20.4 Å². The maximum Gasteiger partial charge on any atom is 0.263 e. The second kappa shape index (κ2) is 7.89. The third-order valence-corrected chi connectivity index (χ3v) is 5.64. The summed E-state index contributed by atoms with van der Waals surface area (Å²) in [4.78, 5) is 12.1. The van der Waals surface area contributed by atoms with Crippen LogP contribution in [0, 0.1) is 6.92 Å². The van der Waals surface area contributed by atoms with Crippen molar-refractivity contribution in [2.24, 2.45) is 0 Å². The zero-order chi connectivity index (χ0) is 18.6. The molecule has 0 fully saturated rings. The summed E-state index contributed by atoms with van der Waals surface area (Å²) in [5.74, 6) is -0.335. The Bertz CT molecular complexity index is 864. The molecule has 1 amide bonds. The fourth-order valence-corrected chi connectivity index (χ4v) is 3.68. The molecule has 2 N–H and O–H groups in total. The lowest BCUT2D eigenvalue weighted by molar-refractivity contribution is 0.0939. The average molecular weight is 381 g/mol. The molecule has 2 rings (SSSR count). The van der Waals surface area contributed by atoms with Crippen molar-refractivity contribution in [3.8, 4) is 0 Å². The van der Waals surface area contributed by atoms with E-state index in [0.717, 1.165) is 12.0 Å². The molecule has 0 saturated heterocycles. The fourth-order valence-electron chi connectivity index (χ4n) is 2.09. The molecule has 0 bridgehead atoms. The van der Waals surface area contributed by atoms with Gasteiger partial charge in [0.25, 0.3) is 15.9 Å². The number of amides is 1. The Morgan fingerprint density at radius 2 is 1.80 bits per heavy atom. The number of rotatable bonds is 6. The second-order valence-corrected chi connectivity index (χ2v) is 7.96. The monoisotopic (exact) mass is 380 g/mol. The summed E-state index contributed by atoms with van der Waals surface area (Å²) in [5.41, 5.74) is 1.69. The number of anilines is 1. The summed E-state index contributed by atoms with van der Waals surface area (Å²) in [5, 5.41) is 2.86. The minimum atomic E-state index is -3.91. The van der Waals surface area contributed by atoms with Gasteiger partial charge in [-0.2, -0.15) is 0 Å². The molecule has 0 spiro atoms. The third-order valence-electron chi connectivity index (χ3n) is 3.78. The van der Waals surface area contributed by atoms with Crippen LogP contribution in [-0.2, 0) is 10.0 Å². The predicted octanol–water partition coefficient (Wildman–Crippen LogP) is 3.98. The highest BCUT2D eigenvalue weighted by atomic mass is 35.5. The normalized spacial score (nSPS) is 12.5. The van der Waals surface area contributed by atoms with Crippen LogP contribution < -0.4 is 10.0 Å². The molecule has 0 aromatic heterocycles. The lowest BCUT2D eigenvalue weighted by Gasteiger charge is -2.13. The van der Waals surface area contributed by atoms with Crippen molar-refractivity contribution >= 4 is 33.2 Å². The lowest BCUT2D eigenvalue weighted by atomic mass is 10.2. The molecule has 0 unspecified atom stereocenters. The highest BCUT2D eigenvalue weighted by Crippen LogP contribution is 2.25. The van der Waals surface area contributed by atoms with E-state index in [4.69, 9.17) is 11.6 Å². The predicted molar refractivity (Wildman–Crippen MR) is 101 cm³/mol. The van der Waals surface area contributed by atoms with Crippen LogP contribution in [0.5, 0.6) is 0 Å². The zero-order valence-corrected chi connectivity index (χ0v) is 15.9. The average Bonchev–Trinajstić information content (AvgIpc) is 2.56. The Morgan fingerprint density at radius 1 is 1.16 bits per heavy atom. The van der Waals surface area contributed by atoms with Crippen molar-refractivity contribution in [2.75, 3.05) is 4.72 Å². The topological polar surface area (TPSA) is 75.3 Å². The number of hydrogen-bond donors (Lipinski definition) is 2. The molecule has 25 heavy (non-hydrogen) atoms. The minimum absolute atomic E-state index is 0.00563. The van der Waals surface area contributed by atoms with Gasteiger partial charge in [-0.05, 0) is 50.6 Å². The first-order chi connectivity index (χ1) is 11.7. The van der Waals surface area contributed by atoms with E-state index >= 15 is 0 Å². The highest BCUT2D eigenvalue weighted by molar-refractivity contribution is 7.92. The molecule has 1 atom stereocenters. The Morgan fingerprint density at radius 3 is 2.40 bits per heavy atom. The van der Waals surface area contributed by atoms with Crippen molar-refractivity contribution in [3.05, 3.63) is 58.6 Å². The van der Waals surface area contributed by atoms with Gasteiger partial charge >= 0.3 is 0 Å². The fraction of sp³-hybridized carbons (Fsp3) is 0.278. The molecule has 0 radical (unpaired) electrons. The second-order valence-electron chi connectivity index (χ2n) is 5.90. The zero-order valence-electron chi connectivity index (χ0n) is 14.3. The van der Waals surface area contributed by atoms with Crippen LogP contribution in [0.15, 0.2) is 47.4 Å². The van der Waals surface area contributed by atoms with Gasteiger partial charge in [-0.15, -0.1) is 0 Å². The van der Waals surface area contributed by atoms with Crippen molar-refractivity contribution in [2.45, 2.75) is 38.1 Å². The summed E-state index contributed by atoms with van der Waals surface area (Å²) < 4.78 is 27.7. The van der Waals surface area contributed by atoms with E-state index in [1.165, 1.54) is 18.2 Å². The Labute approximate surface area is 153 Å². The molecule has 2 aromatic rings. The standard InChI is InChI=1S/C18H21ClN2O3S/c1-4-13(3)20-18(22)14-7-10-16(19)17(11-14)25(23,24)21-15-8-5-12(2)6-9-15/h5-11,13,21H,4H2,1-3H3,(H,20,22)/t13-/m0/s1. The summed E-state index contributed by atoms with van der Waals surface area (Å²) in [6.45, 7) is 5.74. The molecule has 0 heterocycles. The summed E-state index contributed by atoms with van der Waals surface area (Å²) in [7, 11) is -3.91. The molecular formula is C18H21ClN2O3S. The van der Waals surface area contributed by atoms with Crippen molar-refractivity contribution in [1.82, 2.24) is 5.32 Å². The van der Waals surface area contributed by atoms with Crippen molar-refractivity contribution in [3.63, 3.8) is 0 Å². The van der Waals surface area contributed by atoms with Gasteiger partial charge in [0, 0.05) is 17.3 Å². The number of carbonyl (C=O) groups is 1. The van der Waals surface area contributed by atoms with Gasteiger partial charge in [-0.1, -0.05) is 36.2 Å². The summed E-state index contributed by atoms with van der Waals surface area (Å²) in [6.07, 6.45) is 0.777. The van der Waals surface area contributed by atoms with Crippen LogP contribution in [0.4, 0.5) is 5.69 Å². The first-order valence-electron chi connectivity index (χ1n) is 7.93. The van der Waals surface area contributed by atoms with E-state index in [-0.39, 0.29) is 27.4 Å². The molecule has 5 nitrogen and oxygen atoms in total. The Kier molecular flexibility index (Phi) is 6.08. The number of benzene rings is 2. The van der Waals surface area contributed by atoms with E-state index in [1.807, 2.05) is 20.8 Å². The molecule has 7 heteroatoms. The molecule has 2 aromatic carbocycles. The van der Waals surface area contributed by atoms with E-state index < -0.39 is 10.0 Å². The first kappa shape index (κ1) is 19.3. The Hall–Kier alpha value is -2.05. The van der Waals surface area contributed by atoms with Gasteiger partial charge in [0.05, 0.1) is 5.02 Å². The van der Waals surface area contributed by atoms with Crippen LogP contribution in [0.25, 0.3) is 0 Å². The van der Waals surface area contributed by atoms with Gasteiger partial charge in [0.1, 0.15) is 4.90 Å². The number of nitrogens with one attached hydrogen (secondary N) is 2.